The Kier molecular flexibility index (Phi) is 7.83. The van der Waals surface area contributed by atoms with E-state index in [0.717, 1.165) is 54.3 Å². The van der Waals surface area contributed by atoms with Gasteiger partial charge in [0.2, 0.25) is 0 Å². The van der Waals surface area contributed by atoms with E-state index >= 15 is 0 Å². The second-order valence-corrected chi connectivity index (χ2v) is 12.5. The first-order chi connectivity index (χ1) is 20.7. The molecular weight excluding hydrogens is 522 g/mol. The Balaban J connectivity index is 1.41. The normalized spacial score (nSPS) is 18.1. The minimum Gasteiger partial charge on any atom is -0.366 e. The van der Waals surface area contributed by atoms with Crippen LogP contribution in [0.1, 0.15) is 66.1 Å². The van der Waals surface area contributed by atoms with Crippen LogP contribution in [0.5, 0.6) is 0 Å². The van der Waals surface area contributed by atoms with Crippen molar-refractivity contribution in [1.82, 2.24) is 9.88 Å². The second-order valence-electron chi connectivity index (χ2n) is 12.5. The number of aromatic nitrogens is 1. The number of anilines is 1. The first-order valence-electron chi connectivity index (χ1n) is 15.5. The molecule has 3 nitrogen and oxygen atoms in total. The zero-order valence-electron chi connectivity index (χ0n) is 26.2. The number of allylic oxidation sites excluding steroid dienone is 2. The van der Waals surface area contributed by atoms with E-state index in [1.807, 2.05) is 6.08 Å². The van der Waals surface area contributed by atoms with Crippen molar-refractivity contribution in [3.8, 4) is 22.3 Å². The van der Waals surface area contributed by atoms with Crippen molar-refractivity contribution in [2.45, 2.75) is 59.0 Å². The highest BCUT2D eigenvalue weighted by atomic mass is 15.2. The van der Waals surface area contributed by atoms with Gasteiger partial charge in [-0.1, -0.05) is 91.5 Å². The van der Waals surface area contributed by atoms with Crippen molar-refractivity contribution in [2.75, 3.05) is 18.0 Å². The first-order valence-corrected chi connectivity index (χ1v) is 15.5. The molecule has 0 N–H and O–H groups in total. The number of likely N-dealkylation sites (tertiary alicyclic amines) is 1. The molecule has 2 unspecified atom stereocenters. The molecule has 6 rings (SSSR count). The predicted molar refractivity (Wildman–Crippen MR) is 184 cm³/mol. The van der Waals surface area contributed by atoms with Gasteiger partial charge in [-0.05, 0) is 97.7 Å². The van der Waals surface area contributed by atoms with Gasteiger partial charge in [-0.3, -0.25) is 0 Å². The molecule has 0 saturated carbocycles. The largest absolute Gasteiger partial charge is 0.366 e. The first kappa shape index (κ1) is 28.7. The topological polar surface area (TPSA) is 19.4 Å². The Morgan fingerprint density at radius 2 is 1.74 bits per heavy atom. The highest BCUT2D eigenvalue weighted by molar-refractivity contribution is 5.83. The maximum absolute atomic E-state index is 5.34. The van der Waals surface area contributed by atoms with E-state index < -0.39 is 0 Å². The van der Waals surface area contributed by atoms with E-state index in [1.165, 1.54) is 51.1 Å². The Morgan fingerprint density at radius 3 is 2.42 bits per heavy atom. The summed E-state index contributed by atoms with van der Waals surface area (Å²) in [7, 11) is 0. The van der Waals surface area contributed by atoms with Crippen LogP contribution in [0.25, 0.3) is 33.9 Å². The zero-order valence-corrected chi connectivity index (χ0v) is 26.2. The summed E-state index contributed by atoms with van der Waals surface area (Å²) >= 11 is 0. The van der Waals surface area contributed by atoms with E-state index in [0.29, 0.717) is 12.0 Å². The Morgan fingerprint density at radius 1 is 0.953 bits per heavy atom. The summed E-state index contributed by atoms with van der Waals surface area (Å²) in [5.74, 6) is 1.49. The van der Waals surface area contributed by atoms with Crippen LogP contribution in [0.15, 0.2) is 98.2 Å². The molecule has 2 aliphatic heterocycles. The molecule has 4 aromatic rings. The molecule has 2 aliphatic rings. The number of nitrogens with zero attached hydrogens (tertiary/aromatic N) is 3. The van der Waals surface area contributed by atoms with Gasteiger partial charge >= 0.3 is 0 Å². The summed E-state index contributed by atoms with van der Waals surface area (Å²) in [6, 6.07) is 27.1. The van der Waals surface area contributed by atoms with Gasteiger partial charge in [-0.25, -0.2) is 4.98 Å². The molecule has 0 bridgehead atoms. The average Bonchev–Trinajstić information content (AvgIpc) is 3.24. The Hall–Kier alpha value is -4.37. The second kappa shape index (κ2) is 11.7. The van der Waals surface area contributed by atoms with Crippen molar-refractivity contribution in [2.24, 2.45) is 0 Å². The summed E-state index contributed by atoms with van der Waals surface area (Å²) < 4.78 is 0. The summed E-state index contributed by atoms with van der Waals surface area (Å²) in [5.41, 5.74) is 14.4. The number of pyridine rings is 1. The zero-order chi connectivity index (χ0) is 30.2. The molecule has 218 valence electrons. The average molecular weight is 566 g/mol. The standard InChI is InChI=1S/C40H43N3/c1-8-31-13-14-34(35-16-15-32(26(2)3)22-28(35)5)24-38(31)36-17-18-40(42-19-10-20-42)41-39(36)25-43-29(6)23-37(30(43)7)33-12-9-11-27(4)21-33/h8-9,11-18,21-22,24,30,37H,1-2,6,10,19-20,23,25H2,3-5,7H3. The smallest absolute Gasteiger partial charge is 0.128 e. The van der Waals surface area contributed by atoms with E-state index in [9.17, 15) is 0 Å². The van der Waals surface area contributed by atoms with Gasteiger partial charge in [0.05, 0.1) is 12.2 Å². The molecule has 2 fully saturated rings. The van der Waals surface area contributed by atoms with Gasteiger partial charge in [0, 0.05) is 36.3 Å². The Bertz CT molecular complexity index is 1720. The summed E-state index contributed by atoms with van der Waals surface area (Å²) in [6.45, 7) is 24.5. The molecule has 2 atom stereocenters. The van der Waals surface area contributed by atoms with Crippen LogP contribution in [0.2, 0.25) is 0 Å². The fourth-order valence-corrected chi connectivity index (χ4v) is 6.73. The third-order valence-electron chi connectivity index (χ3n) is 9.46. The molecule has 43 heavy (non-hydrogen) atoms. The summed E-state index contributed by atoms with van der Waals surface area (Å²) in [5, 5.41) is 0. The number of aryl methyl sites for hydroxylation is 2. The maximum atomic E-state index is 5.34. The van der Waals surface area contributed by atoms with E-state index in [1.54, 1.807) is 0 Å². The van der Waals surface area contributed by atoms with Gasteiger partial charge in [0.25, 0.3) is 0 Å². The highest BCUT2D eigenvalue weighted by Crippen LogP contribution is 2.42. The van der Waals surface area contributed by atoms with Crippen LogP contribution >= 0.6 is 0 Å². The number of rotatable bonds is 8. The Labute approximate surface area is 257 Å². The molecule has 0 radical (unpaired) electrons. The van der Waals surface area contributed by atoms with E-state index in [2.05, 4.69) is 130 Å². The van der Waals surface area contributed by atoms with Crippen molar-refractivity contribution < 1.29 is 0 Å². The third-order valence-corrected chi connectivity index (χ3v) is 9.46. The maximum Gasteiger partial charge on any atom is 0.128 e. The van der Waals surface area contributed by atoms with Crippen LogP contribution in [0.3, 0.4) is 0 Å². The lowest BCUT2D eigenvalue weighted by Gasteiger charge is -2.33. The molecule has 3 heterocycles. The molecule has 0 aliphatic carbocycles. The quantitative estimate of drug-likeness (QED) is 0.212. The molecule has 2 saturated heterocycles. The summed E-state index contributed by atoms with van der Waals surface area (Å²) in [4.78, 5) is 10.2. The number of hydrogen-bond acceptors (Lipinski definition) is 3. The lowest BCUT2D eigenvalue weighted by atomic mass is 9.90. The van der Waals surface area contributed by atoms with Crippen LogP contribution < -0.4 is 4.90 Å². The fraction of sp³-hybridized carbons (Fsp3) is 0.275. The van der Waals surface area contributed by atoms with Crippen molar-refractivity contribution in [3.05, 3.63) is 132 Å². The number of hydrogen-bond donors (Lipinski definition) is 0. The van der Waals surface area contributed by atoms with E-state index in [4.69, 9.17) is 4.98 Å². The SMILES string of the molecule is C=Cc1ccc(-c2ccc(C(=C)C)cc2C)cc1-c1ccc(N2CCC2)nc1CN1C(=C)CC(c2cccc(C)c2)C1C. The molecule has 0 spiro atoms. The summed E-state index contributed by atoms with van der Waals surface area (Å²) in [6.07, 6.45) is 4.16. The van der Waals surface area contributed by atoms with Crippen LogP contribution in [0.4, 0.5) is 5.82 Å². The van der Waals surface area contributed by atoms with Crippen molar-refractivity contribution in [1.29, 1.82) is 0 Å². The van der Waals surface area contributed by atoms with Gasteiger partial charge in [-0.2, -0.15) is 0 Å². The van der Waals surface area contributed by atoms with Gasteiger partial charge in [0.1, 0.15) is 5.82 Å². The minimum absolute atomic E-state index is 0.330. The molecular formula is C40H43N3. The monoisotopic (exact) mass is 565 g/mol. The minimum atomic E-state index is 0.330. The third kappa shape index (κ3) is 5.57. The van der Waals surface area contributed by atoms with Gasteiger partial charge in [0.15, 0.2) is 0 Å². The lowest BCUT2D eigenvalue weighted by molar-refractivity contribution is 0.287. The number of benzene rings is 3. The lowest BCUT2D eigenvalue weighted by Crippen LogP contribution is -2.38. The van der Waals surface area contributed by atoms with Crippen LogP contribution in [0, 0.1) is 13.8 Å². The predicted octanol–water partition coefficient (Wildman–Crippen LogP) is 9.81. The van der Waals surface area contributed by atoms with Crippen LogP contribution in [-0.2, 0) is 6.54 Å². The molecule has 3 aromatic carbocycles. The molecule has 0 amide bonds. The van der Waals surface area contributed by atoms with Gasteiger partial charge < -0.3 is 9.80 Å². The van der Waals surface area contributed by atoms with Crippen LogP contribution in [-0.4, -0.2) is 29.0 Å². The fourth-order valence-electron chi connectivity index (χ4n) is 6.73. The van der Waals surface area contributed by atoms with Gasteiger partial charge in [-0.15, -0.1) is 0 Å². The van der Waals surface area contributed by atoms with Crippen molar-refractivity contribution >= 4 is 17.5 Å². The van der Waals surface area contributed by atoms with Crippen molar-refractivity contribution in [3.63, 3.8) is 0 Å². The molecule has 1 aromatic heterocycles. The highest BCUT2D eigenvalue weighted by Gasteiger charge is 2.35. The molecule has 3 heteroatoms. The van der Waals surface area contributed by atoms with E-state index in [-0.39, 0.29) is 0 Å².